The van der Waals surface area contributed by atoms with Crippen molar-refractivity contribution < 1.29 is 19.1 Å². The van der Waals surface area contributed by atoms with Crippen LogP contribution in [-0.4, -0.2) is 35.8 Å². The van der Waals surface area contributed by atoms with Crippen LogP contribution in [0.1, 0.15) is 26.3 Å². The molecule has 1 amide bonds. The maximum absolute atomic E-state index is 12.0. The molecule has 23 heavy (non-hydrogen) atoms. The number of fused-ring (bicyclic) bond motifs is 1. The van der Waals surface area contributed by atoms with Gasteiger partial charge in [-0.1, -0.05) is 12.1 Å². The van der Waals surface area contributed by atoms with Gasteiger partial charge >= 0.3 is 12.1 Å². The number of H-pyrrole nitrogens is 1. The standard InChI is InChI=1S/C17H22N2O4/c1-17(2,3)23-16(21)19-14(15(20)22-4)10-11-6-5-7-13-12(11)8-9-18-13/h5-9,14,18H,10H2,1-4H3,(H,19,21)/t14-/m1/s1. The van der Waals surface area contributed by atoms with Crippen LogP contribution >= 0.6 is 0 Å². The maximum Gasteiger partial charge on any atom is 0.408 e. The Morgan fingerprint density at radius 2 is 2.00 bits per heavy atom. The number of aromatic nitrogens is 1. The van der Waals surface area contributed by atoms with Gasteiger partial charge in [0.15, 0.2) is 0 Å². The monoisotopic (exact) mass is 318 g/mol. The highest BCUT2D eigenvalue weighted by molar-refractivity contribution is 5.85. The molecule has 0 aliphatic heterocycles. The van der Waals surface area contributed by atoms with E-state index < -0.39 is 23.7 Å². The summed E-state index contributed by atoms with van der Waals surface area (Å²) in [6.45, 7) is 5.29. The second-order valence-corrected chi connectivity index (χ2v) is 6.28. The summed E-state index contributed by atoms with van der Waals surface area (Å²) in [6.07, 6.45) is 1.51. The van der Waals surface area contributed by atoms with Gasteiger partial charge in [0.2, 0.25) is 0 Å². The molecular formula is C17H22N2O4. The molecule has 1 heterocycles. The number of methoxy groups -OCH3 is 1. The third-order valence-corrected chi connectivity index (χ3v) is 3.29. The molecule has 0 saturated heterocycles. The topological polar surface area (TPSA) is 80.4 Å². The number of benzene rings is 1. The lowest BCUT2D eigenvalue weighted by molar-refractivity contribution is -0.143. The van der Waals surface area contributed by atoms with Crippen LogP contribution in [0.3, 0.4) is 0 Å². The number of amides is 1. The van der Waals surface area contributed by atoms with Crippen LogP contribution in [0.25, 0.3) is 10.9 Å². The molecule has 0 bridgehead atoms. The first-order chi connectivity index (χ1) is 10.8. The number of aromatic amines is 1. The lowest BCUT2D eigenvalue weighted by Gasteiger charge is -2.22. The average Bonchev–Trinajstić information content (AvgIpc) is 2.93. The summed E-state index contributed by atoms with van der Waals surface area (Å²) in [5, 5.41) is 3.59. The molecule has 0 radical (unpaired) electrons. The summed E-state index contributed by atoms with van der Waals surface area (Å²) in [5.74, 6) is -0.511. The number of alkyl carbamates (subject to hydrolysis) is 1. The zero-order chi connectivity index (χ0) is 17.0. The molecule has 2 aromatic rings. The van der Waals surface area contributed by atoms with Gasteiger partial charge in [0.25, 0.3) is 0 Å². The van der Waals surface area contributed by atoms with E-state index in [0.717, 1.165) is 16.5 Å². The van der Waals surface area contributed by atoms with Crippen molar-refractivity contribution in [1.82, 2.24) is 10.3 Å². The number of rotatable bonds is 4. The van der Waals surface area contributed by atoms with Crippen molar-refractivity contribution in [3.8, 4) is 0 Å². The van der Waals surface area contributed by atoms with E-state index in [-0.39, 0.29) is 0 Å². The second kappa shape index (κ2) is 6.73. The molecular weight excluding hydrogens is 296 g/mol. The fourth-order valence-corrected chi connectivity index (χ4v) is 2.33. The molecule has 6 nitrogen and oxygen atoms in total. The van der Waals surface area contributed by atoms with Gasteiger partial charge in [0, 0.05) is 23.5 Å². The molecule has 0 spiro atoms. The fourth-order valence-electron chi connectivity index (χ4n) is 2.33. The summed E-state index contributed by atoms with van der Waals surface area (Å²) in [5.41, 5.74) is 1.28. The highest BCUT2D eigenvalue weighted by Crippen LogP contribution is 2.19. The number of carbonyl (C=O) groups is 2. The zero-order valence-corrected chi connectivity index (χ0v) is 13.8. The van der Waals surface area contributed by atoms with Crippen LogP contribution in [0.4, 0.5) is 4.79 Å². The van der Waals surface area contributed by atoms with Gasteiger partial charge in [-0.15, -0.1) is 0 Å². The molecule has 0 aliphatic rings. The van der Waals surface area contributed by atoms with Gasteiger partial charge in [-0.25, -0.2) is 9.59 Å². The number of nitrogens with one attached hydrogen (secondary N) is 2. The maximum atomic E-state index is 12.0. The molecule has 2 N–H and O–H groups in total. The largest absolute Gasteiger partial charge is 0.467 e. The van der Waals surface area contributed by atoms with Crippen molar-refractivity contribution in [3.05, 3.63) is 36.0 Å². The number of hydrogen-bond donors (Lipinski definition) is 2. The predicted molar refractivity (Wildman–Crippen MR) is 87.2 cm³/mol. The number of carbonyl (C=O) groups excluding carboxylic acids is 2. The van der Waals surface area contributed by atoms with Gasteiger partial charge in [-0.05, 0) is 38.5 Å². The first-order valence-corrected chi connectivity index (χ1v) is 7.42. The molecule has 1 aromatic carbocycles. The predicted octanol–water partition coefficient (Wildman–Crippen LogP) is 2.78. The average molecular weight is 318 g/mol. The summed E-state index contributed by atoms with van der Waals surface area (Å²) in [6, 6.07) is 6.90. The Kier molecular flexibility index (Phi) is 4.93. The Morgan fingerprint density at radius 1 is 1.26 bits per heavy atom. The zero-order valence-electron chi connectivity index (χ0n) is 13.8. The number of hydrogen-bond acceptors (Lipinski definition) is 4. The van der Waals surface area contributed by atoms with Crippen LogP contribution in [0.2, 0.25) is 0 Å². The number of ether oxygens (including phenoxy) is 2. The minimum absolute atomic E-state index is 0.321. The van der Waals surface area contributed by atoms with E-state index in [9.17, 15) is 9.59 Å². The van der Waals surface area contributed by atoms with Crippen molar-refractivity contribution in [2.75, 3.05) is 7.11 Å². The molecule has 0 saturated carbocycles. The van der Waals surface area contributed by atoms with Gasteiger partial charge in [-0.2, -0.15) is 0 Å². The Hall–Kier alpha value is -2.50. The molecule has 124 valence electrons. The smallest absolute Gasteiger partial charge is 0.408 e. The molecule has 6 heteroatoms. The van der Waals surface area contributed by atoms with Gasteiger partial charge in [-0.3, -0.25) is 0 Å². The normalized spacial score (nSPS) is 12.7. The lowest BCUT2D eigenvalue weighted by atomic mass is 10.0. The van der Waals surface area contributed by atoms with Gasteiger partial charge < -0.3 is 19.8 Å². The third-order valence-electron chi connectivity index (χ3n) is 3.29. The Bertz CT molecular complexity index is 700. The molecule has 1 aromatic heterocycles. The minimum Gasteiger partial charge on any atom is -0.467 e. The molecule has 2 rings (SSSR count). The number of esters is 1. The van der Waals surface area contributed by atoms with E-state index in [1.807, 2.05) is 30.5 Å². The Morgan fingerprint density at radius 3 is 2.65 bits per heavy atom. The van der Waals surface area contributed by atoms with Gasteiger partial charge in [0.1, 0.15) is 11.6 Å². The molecule has 0 unspecified atom stereocenters. The summed E-state index contributed by atoms with van der Waals surface area (Å²) in [4.78, 5) is 27.1. The highest BCUT2D eigenvalue weighted by atomic mass is 16.6. The van der Waals surface area contributed by atoms with E-state index in [0.29, 0.717) is 6.42 Å². The SMILES string of the molecule is COC(=O)[C@@H](Cc1cccc2[nH]ccc12)NC(=O)OC(C)(C)C. The highest BCUT2D eigenvalue weighted by Gasteiger charge is 2.25. The van der Waals surface area contributed by atoms with Crippen molar-refractivity contribution in [2.24, 2.45) is 0 Å². The van der Waals surface area contributed by atoms with E-state index in [1.165, 1.54) is 7.11 Å². The van der Waals surface area contributed by atoms with Crippen LogP contribution in [-0.2, 0) is 20.7 Å². The van der Waals surface area contributed by atoms with Gasteiger partial charge in [0.05, 0.1) is 7.11 Å². The van der Waals surface area contributed by atoms with Crippen LogP contribution < -0.4 is 5.32 Å². The quantitative estimate of drug-likeness (QED) is 0.850. The van der Waals surface area contributed by atoms with Crippen LogP contribution in [0.5, 0.6) is 0 Å². The summed E-state index contributed by atoms with van der Waals surface area (Å²) < 4.78 is 10.0. The first-order valence-electron chi connectivity index (χ1n) is 7.42. The van der Waals surface area contributed by atoms with Crippen molar-refractivity contribution in [1.29, 1.82) is 0 Å². The summed E-state index contributed by atoms with van der Waals surface area (Å²) in [7, 11) is 1.29. The Labute approximate surface area is 135 Å². The third kappa shape index (κ3) is 4.48. The first kappa shape index (κ1) is 16.9. The van der Waals surface area contributed by atoms with E-state index in [1.54, 1.807) is 20.8 Å². The van der Waals surface area contributed by atoms with E-state index in [4.69, 9.17) is 9.47 Å². The molecule has 0 aliphatic carbocycles. The Balaban J connectivity index is 2.17. The fraction of sp³-hybridized carbons (Fsp3) is 0.412. The van der Waals surface area contributed by atoms with E-state index in [2.05, 4.69) is 10.3 Å². The van der Waals surface area contributed by atoms with Crippen molar-refractivity contribution in [2.45, 2.75) is 38.8 Å². The van der Waals surface area contributed by atoms with Crippen LogP contribution in [0.15, 0.2) is 30.5 Å². The van der Waals surface area contributed by atoms with Crippen LogP contribution in [0, 0.1) is 0 Å². The lowest BCUT2D eigenvalue weighted by Crippen LogP contribution is -2.45. The molecule has 0 fully saturated rings. The summed E-state index contributed by atoms with van der Waals surface area (Å²) >= 11 is 0. The second-order valence-electron chi connectivity index (χ2n) is 6.28. The minimum atomic E-state index is -0.810. The van der Waals surface area contributed by atoms with Crippen molar-refractivity contribution >= 4 is 23.0 Å². The molecule has 1 atom stereocenters. The van der Waals surface area contributed by atoms with E-state index >= 15 is 0 Å². The van der Waals surface area contributed by atoms with Crippen molar-refractivity contribution in [3.63, 3.8) is 0 Å².